The average Bonchev–Trinajstić information content (AvgIpc) is 2.39. The fourth-order valence-corrected chi connectivity index (χ4v) is 2.10. The van der Waals surface area contributed by atoms with Gasteiger partial charge in [-0.2, -0.15) is 0 Å². The topological polar surface area (TPSA) is 49.7 Å². The first-order valence-corrected chi connectivity index (χ1v) is 6.68. The third-order valence-corrected chi connectivity index (χ3v) is 3.20. The van der Waals surface area contributed by atoms with Gasteiger partial charge in [-0.05, 0) is 56.2 Å². The highest BCUT2D eigenvalue weighted by Gasteiger charge is 2.26. The first-order chi connectivity index (χ1) is 9.39. The Labute approximate surface area is 119 Å². The molecule has 0 spiro atoms. The van der Waals surface area contributed by atoms with E-state index in [1.807, 2.05) is 38.1 Å². The predicted molar refractivity (Wildman–Crippen MR) is 79.0 cm³/mol. The molecule has 2 rings (SSSR count). The number of phenolic OH excluding ortho intramolecular Hbond substituents is 1. The number of aromatic hydroxyl groups is 1. The molecule has 3 nitrogen and oxygen atoms in total. The summed E-state index contributed by atoms with van der Waals surface area (Å²) < 4.78 is 5.65. The van der Waals surface area contributed by atoms with Crippen molar-refractivity contribution in [3.05, 3.63) is 59.7 Å². The summed E-state index contributed by atoms with van der Waals surface area (Å²) in [5.74, 6) is 0.915. The minimum absolute atomic E-state index is 0.0869. The van der Waals surface area contributed by atoms with Gasteiger partial charge in [0.2, 0.25) is 0 Å². The van der Waals surface area contributed by atoms with Crippen LogP contribution in [0.3, 0.4) is 0 Å². The Kier molecular flexibility index (Phi) is 4.00. The van der Waals surface area contributed by atoms with Gasteiger partial charge in [0.1, 0.15) is 17.1 Å². The number of rotatable bonds is 4. The van der Waals surface area contributed by atoms with Gasteiger partial charge in [-0.3, -0.25) is 0 Å². The molecule has 3 heteroatoms. The van der Waals surface area contributed by atoms with Crippen molar-refractivity contribution in [2.24, 2.45) is 0 Å². The number of benzene rings is 2. The summed E-state index contributed by atoms with van der Waals surface area (Å²) in [4.78, 5) is 0. The molecular weight excluding hydrogens is 252 g/mol. The lowest BCUT2D eigenvalue weighted by molar-refractivity contribution is 0.102. The van der Waals surface area contributed by atoms with E-state index in [2.05, 4.69) is 0 Å². The SMILES string of the molecule is CC(C)Oc1cccc(C(C)(O)c2ccc(O)cc2)c1. The molecule has 2 aromatic rings. The fourth-order valence-electron chi connectivity index (χ4n) is 2.10. The minimum Gasteiger partial charge on any atom is -0.508 e. The number of hydrogen-bond acceptors (Lipinski definition) is 3. The first kappa shape index (κ1) is 14.4. The van der Waals surface area contributed by atoms with Crippen LogP contribution in [0.15, 0.2) is 48.5 Å². The maximum Gasteiger partial charge on any atom is 0.120 e. The average molecular weight is 272 g/mol. The maximum atomic E-state index is 10.8. The van der Waals surface area contributed by atoms with Crippen LogP contribution in [0.5, 0.6) is 11.5 Å². The van der Waals surface area contributed by atoms with Gasteiger partial charge in [-0.25, -0.2) is 0 Å². The Morgan fingerprint density at radius 3 is 2.25 bits per heavy atom. The van der Waals surface area contributed by atoms with Crippen LogP contribution in [0.25, 0.3) is 0 Å². The Morgan fingerprint density at radius 2 is 1.65 bits per heavy atom. The molecule has 0 amide bonds. The van der Waals surface area contributed by atoms with Crippen molar-refractivity contribution in [2.75, 3.05) is 0 Å². The third kappa shape index (κ3) is 3.11. The van der Waals surface area contributed by atoms with Crippen molar-refractivity contribution in [3.8, 4) is 11.5 Å². The summed E-state index contributed by atoms with van der Waals surface area (Å²) in [6, 6.07) is 14.0. The van der Waals surface area contributed by atoms with E-state index in [9.17, 15) is 10.2 Å². The molecule has 0 radical (unpaired) electrons. The molecule has 0 aliphatic rings. The molecule has 1 atom stereocenters. The van der Waals surface area contributed by atoms with Gasteiger partial charge in [0.15, 0.2) is 0 Å². The summed E-state index contributed by atoms with van der Waals surface area (Å²) >= 11 is 0. The van der Waals surface area contributed by atoms with Gasteiger partial charge in [-0.1, -0.05) is 24.3 Å². The molecule has 2 aromatic carbocycles. The minimum atomic E-state index is -1.13. The van der Waals surface area contributed by atoms with Crippen molar-refractivity contribution >= 4 is 0 Å². The lowest BCUT2D eigenvalue weighted by Gasteiger charge is -2.25. The first-order valence-electron chi connectivity index (χ1n) is 6.68. The van der Waals surface area contributed by atoms with Crippen LogP contribution in [0.2, 0.25) is 0 Å². The quantitative estimate of drug-likeness (QED) is 0.896. The van der Waals surface area contributed by atoms with E-state index in [1.165, 1.54) is 0 Å². The predicted octanol–water partition coefficient (Wildman–Crippen LogP) is 3.44. The maximum absolute atomic E-state index is 10.8. The van der Waals surface area contributed by atoms with Gasteiger partial charge >= 0.3 is 0 Å². The Morgan fingerprint density at radius 1 is 1.00 bits per heavy atom. The highest BCUT2D eigenvalue weighted by molar-refractivity contribution is 5.40. The van der Waals surface area contributed by atoms with Crippen molar-refractivity contribution in [2.45, 2.75) is 32.5 Å². The molecule has 20 heavy (non-hydrogen) atoms. The van der Waals surface area contributed by atoms with Gasteiger partial charge in [0, 0.05) is 0 Å². The molecule has 2 N–H and O–H groups in total. The van der Waals surface area contributed by atoms with Gasteiger partial charge in [0.05, 0.1) is 6.10 Å². The molecule has 0 bridgehead atoms. The molecule has 0 fully saturated rings. The van der Waals surface area contributed by atoms with E-state index < -0.39 is 5.60 Å². The Balaban J connectivity index is 2.35. The van der Waals surface area contributed by atoms with E-state index in [1.54, 1.807) is 31.2 Å². The van der Waals surface area contributed by atoms with Crippen molar-refractivity contribution in [3.63, 3.8) is 0 Å². The highest BCUT2D eigenvalue weighted by atomic mass is 16.5. The molecular formula is C17H20O3. The lowest BCUT2D eigenvalue weighted by Crippen LogP contribution is -2.22. The normalized spacial score (nSPS) is 14.1. The summed E-state index contributed by atoms with van der Waals surface area (Å²) in [7, 11) is 0. The van der Waals surface area contributed by atoms with E-state index >= 15 is 0 Å². The van der Waals surface area contributed by atoms with Gasteiger partial charge in [0.25, 0.3) is 0 Å². The molecule has 0 heterocycles. The lowest BCUT2D eigenvalue weighted by atomic mass is 9.88. The zero-order valence-corrected chi connectivity index (χ0v) is 12.0. The molecule has 0 saturated heterocycles. The van der Waals surface area contributed by atoms with Crippen LogP contribution < -0.4 is 4.74 Å². The van der Waals surface area contributed by atoms with Crippen LogP contribution in [0.1, 0.15) is 31.9 Å². The molecule has 1 unspecified atom stereocenters. The van der Waals surface area contributed by atoms with Crippen LogP contribution in [0, 0.1) is 0 Å². The zero-order valence-electron chi connectivity index (χ0n) is 12.0. The number of phenols is 1. The second-order valence-corrected chi connectivity index (χ2v) is 5.31. The van der Waals surface area contributed by atoms with Gasteiger partial charge < -0.3 is 14.9 Å². The van der Waals surface area contributed by atoms with E-state index in [-0.39, 0.29) is 11.9 Å². The Bertz CT molecular complexity index is 571. The fraction of sp³-hybridized carbons (Fsp3) is 0.294. The largest absolute Gasteiger partial charge is 0.508 e. The molecule has 0 saturated carbocycles. The van der Waals surface area contributed by atoms with Crippen LogP contribution in [-0.4, -0.2) is 16.3 Å². The van der Waals surface area contributed by atoms with Crippen molar-refractivity contribution in [1.29, 1.82) is 0 Å². The highest BCUT2D eigenvalue weighted by Crippen LogP contribution is 2.32. The van der Waals surface area contributed by atoms with E-state index in [4.69, 9.17) is 4.74 Å². The second-order valence-electron chi connectivity index (χ2n) is 5.31. The van der Waals surface area contributed by atoms with E-state index in [0.717, 1.165) is 16.9 Å². The van der Waals surface area contributed by atoms with Crippen LogP contribution >= 0.6 is 0 Å². The third-order valence-electron chi connectivity index (χ3n) is 3.20. The van der Waals surface area contributed by atoms with Crippen LogP contribution in [0.4, 0.5) is 0 Å². The van der Waals surface area contributed by atoms with E-state index in [0.29, 0.717) is 0 Å². The molecule has 0 aliphatic heterocycles. The summed E-state index contributed by atoms with van der Waals surface area (Å²) in [6.07, 6.45) is 0.0869. The summed E-state index contributed by atoms with van der Waals surface area (Å²) in [6.45, 7) is 5.66. The number of ether oxygens (including phenoxy) is 1. The molecule has 0 aliphatic carbocycles. The smallest absolute Gasteiger partial charge is 0.120 e. The number of hydrogen-bond donors (Lipinski definition) is 2. The Hall–Kier alpha value is -2.00. The summed E-state index contributed by atoms with van der Waals surface area (Å²) in [5, 5.41) is 20.1. The van der Waals surface area contributed by atoms with Crippen molar-refractivity contribution in [1.82, 2.24) is 0 Å². The number of aliphatic hydroxyl groups is 1. The molecule has 106 valence electrons. The van der Waals surface area contributed by atoms with Gasteiger partial charge in [-0.15, -0.1) is 0 Å². The molecule has 0 aromatic heterocycles. The van der Waals surface area contributed by atoms with Crippen LogP contribution in [-0.2, 0) is 5.60 Å². The summed E-state index contributed by atoms with van der Waals surface area (Å²) in [5.41, 5.74) is 0.336. The standard InChI is InChI=1S/C17H20O3/c1-12(2)20-16-6-4-5-14(11-16)17(3,19)13-7-9-15(18)10-8-13/h4-12,18-19H,1-3H3. The monoisotopic (exact) mass is 272 g/mol. The zero-order chi connectivity index (χ0) is 14.8. The second kappa shape index (κ2) is 5.55. The van der Waals surface area contributed by atoms with Crippen molar-refractivity contribution < 1.29 is 14.9 Å².